The van der Waals surface area contributed by atoms with Crippen LogP contribution >= 0.6 is 0 Å². The highest BCUT2D eigenvalue weighted by molar-refractivity contribution is 6.03. The van der Waals surface area contributed by atoms with Crippen LogP contribution in [-0.2, 0) is 22.6 Å². The van der Waals surface area contributed by atoms with Gasteiger partial charge in [-0.2, -0.15) is 0 Å². The molecule has 4 nitrogen and oxygen atoms in total. The Labute approximate surface area is 196 Å². The van der Waals surface area contributed by atoms with Gasteiger partial charge in [-0.1, -0.05) is 72.3 Å². The molecule has 1 fully saturated rings. The first-order chi connectivity index (χ1) is 16.1. The van der Waals surface area contributed by atoms with Crippen molar-refractivity contribution in [2.45, 2.75) is 32.7 Å². The van der Waals surface area contributed by atoms with Gasteiger partial charge in [0, 0.05) is 24.9 Å². The summed E-state index contributed by atoms with van der Waals surface area (Å²) in [6.07, 6.45) is 6.05. The maximum Gasteiger partial charge on any atom is 0.251 e. The van der Waals surface area contributed by atoms with Crippen LogP contribution in [0.4, 0.5) is 5.69 Å². The molecule has 0 N–H and O–H groups in total. The molecule has 4 rings (SSSR count). The van der Waals surface area contributed by atoms with E-state index in [1.807, 2.05) is 77.7 Å². The number of carbonyl (C=O) groups excluding carboxylic acids is 2. The van der Waals surface area contributed by atoms with Gasteiger partial charge in [0.2, 0.25) is 5.91 Å². The van der Waals surface area contributed by atoms with Crippen molar-refractivity contribution >= 4 is 23.6 Å². The minimum Gasteiger partial charge on any atom is -0.342 e. The molecule has 3 aromatic carbocycles. The fraction of sp³-hybridized carbons (Fsp3) is 0.241. The molecule has 3 aromatic rings. The van der Waals surface area contributed by atoms with Gasteiger partial charge in [0.25, 0.3) is 5.91 Å². The molecule has 0 radical (unpaired) electrons. The number of hydrogen-bond donors (Lipinski definition) is 0. The lowest BCUT2D eigenvalue weighted by atomic mass is 10.1. The molecule has 1 aliphatic heterocycles. The molecular formula is C29H30N2O2. The summed E-state index contributed by atoms with van der Waals surface area (Å²) >= 11 is 0. The molecule has 1 saturated heterocycles. The number of benzene rings is 3. The average molecular weight is 439 g/mol. The Morgan fingerprint density at radius 1 is 0.879 bits per heavy atom. The number of nitrogens with zero attached hydrogens (tertiary/aromatic N) is 2. The van der Waals surface area contributed by atoms with Crippen LogP contribution in [-0.4, -0.2) is 29.8 Å². The van der Waals surface area contributed by atoms with Crippen molar-refractivity contribution in [3.8, 4) is 0 Å². The second-order valence-electron chi connectivity index (χ2n) is 8.59. The van der Waals surface area contributed by atoms with Crippen LogP contribution in [0, 0.1) is 6.92 Å². The van der Waals surface area contributed by atoms with E-state index in [-0.39, 0.29) is 11.8 Å². The fourth-order valence-electron chi connectivity index (χ4n) is 4.16. The lowest BCUT2D eigenvalue weighted by molar-refractivity contribution is -0.129. The molecule has 0 bridgehead atoms. The largest absolute Gasteiger partial charge is 0.342 e. The summed E-state index contributed by atoms with van der Waals surface area (Å²) in [5.74, 6) is 0.0972. The van der Waals surface area contributed by atoms with Crippen molar-refractivity contribution in [3.05, 3.63) is 107 Å². The zero-order valence-corrected chi connectivity index (χ0v) is 19.1. The molecule has 2 amide bonds. The van der Waals surface area contributed by atoms with Crippen LogP contribution in [0.15, 0.2) is 84.9 Å². The SMILES string of the molecule is Cc1cccc(CN(C(=O)C=Cc2ccccc2)c2ccc(CC(=O)N3CCCC3)cc2)c1. The van der Waals surface area contributed by atoms with E-state index in [9.17, 15) is 9.59 Å². The van der Waals surface area contributed by atoms with E-state index in [0.29, 0.717) is 13.0 Å². The Morgan fingerprint density at radius 3 is 2.30 bits per heavy atom. The average Bonchev–Trinajstić information content (AvgIpc) is 3.38. The molecule has 0 aromatic heterocycles. The molecule has 0 spiro atoms. The highest BCUT2D eigenvalue weighted by Crippen LogP contribution is 2.21. The van der Waals surface area contributed by atoms with Crippen LogP contribution in [0.1, 0.15) is 35.1 Å². The number of carbonyl (C=O) groups is 2. The Morgan fingerprint density at radius 2 is 1.61 bits per heavy atom. The van der Waals surface area contributed by atoms with Crippen LogP contribution in [0.3, 0.4) is 0 Å². The van der Waals surface area contributed by atoms with E-state index in [1.165, 1.54) is 0 Å². The third-order valence-electron chi connectivity index (χ3n) is 5.97. The molecule has 1 aliphatic rings. The molecule has 168 valence electrons. The Balaban J connectivity index is 1.53. The summed E-state index contributed by atoms with van der Waals surface area (Å²) in [6.45, 7) is 4.26. The van der Waals surface area contributed by atoms with E-state index in [2.05, 4.69) is 19.1 Å². The Kier molecular flexibility index (Phi) is 7.36. The first-order valence-electron chi connectivity index (χ1n) is 11.6. The fourth-order valence-corrected chi connectivity index (χ4v) is 4.16. The van der Waals surface area contributed by atoms with Crippen molar-refractivity contribution in [2.75, 3.05) is 18.0 Å². The van der Waals surface area contributed by atoms with Crippen LogP contribution in [0.25, 0.3) is 6.08 Å². The topological polar surface area (TPSA) is 40.6 Å². The highest BCUT2D eigenvalue weighted by Gasteiger charge is 2.19. The summed E-state index contributed by atoms with van der Waals surface area (Å²) in [5.41, 5.74) is 5.01. The summed E-state index contributed by atoms with van der Waals surface area (Å²) in [4.78, 5) is 29.4. The van der Waals surface area contributed by atoms with Crippen LogP contribution in [0.5, 0.6) is 0 Å². The summed E-state index contributed by atoms with van der Waals surface area (Å²) < 4.78 is 0. The van der Waals surface area contributed by atoms with Crippen LogP contribution < -0.4 is 4.90 Å². The number of likely N-dealkylation sites (tertiary alicyclic amines) is 1. The van der Waals surface area contributed by atoms with Gasteiger partial charge in [0.15, 0.2) is 0 Å². The lowest BCUT2D eigenvalue weighted by Crippen LogP contribution is -2.29. The van der Waals surface area contributed by atoms with E-state index in [1.54, 1.807) is 11.0 Å². The minimum absolute atomic E-state index is 0.0822. The third-order valence-corrected chi connectivity index (χ3v) is 5.97. The van der Waals surface area contributed by atoms with Crippen molar-refractivity contribution in [1.82, 2.24) is 4.90 Å². The Hall–Kier alpha value is -3.66. The summed E-state index contributed by atoms with van der Waals surface area (Å²) in [6, 6.07) is 25.8. The second-order valence-corrected chi connectivity index (χ2v) is 8.59. The zero-order valence-electron chi connectivity index (χ0n) is 19.1. The first kappa shape index (κ1) is 22.5. The van der Waals surface area contributed by atoms with E-state index >= 15 is 0 Å². The first-order valence-corrected chi connectivity index (χ1v) is 11.6. The van der Waals surface area contributed by atoms with Gasteiger partial charge in [-0.3, -0.25) is 9.59 Å². The van der Waals surface area contributed by atoms with Gasteiger partial charge in [-0.15, -0.1) is 0 Å². The van der Waals surface area contributed by atoms with Gasteiger partial charge in [-0.25, -0.2) is 0 Å². The molecule has 0 aliphatic carbocycles. The van der Waals surface area contributed by atoms with Crippen LogP contribution in [0.2, 0.25) is 0 Å². The van der Waals surface area contributed by atoms with Gasteiger partial charge < -0.3 is 9.80 Å². The summed E-state index contributed by atoms with van der Waals surface area (Å²) in [7, 11) is 0. The summed E-state index contributed by atoms with van der Waals surface area (Å²) in [5, 5.41) is 0. The number of aryl methyl sites for hydroxylation is 1. The second kappa shape index (κ2) is 10.8. The standard InChI is InChI=1S/C29H30N2O2/c1-23-8-7-11-26(20-23)22-31(28(32)17-14-24-9-3-2-4-10-24)27-15-12-25(13-16-27)21-29(33)30-18-5-6-19-30/h2-4,7-17,20H,5-6,18-19,21-22H2,1H3. The number of hydrogen-bond acceptors (Lipinski definition) is 2. The van der Waals surface area contributed by atoms with E-state index < -0.39 is 0 Å². The monoisotopic (exact) mass is 438 g/mol. The molecule has 4 heteroatoms. The lowest BCUT2D eigenvalue weighted by Gasteiger charge is -2.22. The maximum atomic E-state index is 13.2. The smallest absolute Gasteiger partial charge is 0.251 e. The quantitative estimate of drug-likeness (QED) is 0.463. The number of amides is 2. The Bertz CT molecular complexity index is 1110. The van der Waals surface area contributed by atoms with Gasteiger partial charge >= 0.3 is 0 Å². The molecule has 0 unspecified atom stereocenters. The predicted molar refractivity (Wildman–Crippen MR) is 134 cm³/mol. The van der Waals surface area contributed by atoms with Crippen molar-refractivity contribution < 1.29 is 9.59 Å². The van der Waals surface area contributed by atoms with E-state index in [4.69, 9.17) is 0 Å². The van der Waals surface area contributed by atoms with Gasteiger partial charge in [0.05, 0.1) is 13.0 Å². The predicted octanol–water partition coefficient (Wildman–Crippen LogP) is 5.41. The molecular weight excluding hydrogens is 408 g/mol. The molecule has 33 heavy (non-hydrogen) atoms. The van der Waals surface area contributed by atoms with Crippen molar-refractivity contribution in [1.29, 1.82) is 0 Å². The highest BCUT2D eigenvalue weighted by atomic mass is 16.2. The molecule has 0 atom stereocenters. The van der Waals surface area contributed by atoms with Crippen molar-refractivity contribution in [3.63, 3.8) is 0 Å². The van der Waals surface area contributed by atoms with E-state index in [0.717, 1.165) is 53.9 Å². The van der Waals surface area contributed by atoms with Gasteiger partial charge in [0.1, 0.15) is 0 Å². The minimum atomic E-state index is -0.0822. The molecule has 1 heterocycles. The normalized spacial score (nSPS) is 13.4. The molecule has 0 saturated carbocycles. The third kappa shape index (κ3) is 6.19. The number of rotatable bonds is 7. The van der Waals surface area contributed by atoms with Gasteiger partial charge in [-0.05, 0) is 54.7 Å². The zero-order chi connectivity index (χ0) is 23.0. The van der Waals surface area contributed by atoms with Crippen molar-refractivity contribution in [2.24, 2.45) is 0 Å². The maximum absolute atomic E-state index is 13.2. The number of anilines is 1.